The Hall–Kier alpha value is -2.24. The maximum Gasteiger partial charge on any atom is 0.246 e. The van der Waals surface area contributed by atoms with E-state index in [1.807, 2.05) is 18.2 Å². The van der Waals surface area contributed by atoms with E-state index in [0.29, 0.717) is 21.4 Å². The highest BCUT2D eigenvalue weighted by Crippen LogP contribution is 2.30. The predicted octanol–water partition coefficient (Wildman–Crippen LogP) is 4.78. The van der Waals surface area contributed by atoms with Crippen LogP contribution in [0.2, 0.25) is 10.0 Å². The number of carbonyl (C=O) groups is 2. The molecule has 1 fully saturated rings. The zero-order valence-electron chi connectivity index (χ0n) is 14.2. The molecule has 136 valence electrons. The lowest BCUT2D eigenvalue weighted by Gasteiger charge is -2.17. The second kappa shape index (κ2) is 7.98. The highest BCUT2D eigenvalue weighted by atomic mass is 35.5. The number of carbonyl (C=O) groups excluding carboxylic acids is 2. The fraction of sp³-hybridized carbons (Fsp3) is 0.263. The Balaban J connectivity index is 1.61. The minimum absolute atomic E-state index is 0.0449. The Kier molecular flexibility index (Phi) is 5.69. The molecule has 1 aliphatic rings. The Morgan fingerprint density at radius 2 is 1.77 bits per heavy atom. The topological polar surface area (TPSA) is 70.2 Å². The summed E-state index contributed by atoms with van der Waals surface area (Å²) < 4.78 is 0. The van der Waals surface area contributed by atoms with Crippen LogP contribution in [-0.4, -0.2) is 17.9 Å². The molecule has 3 rings (SSSR count). The summed E-state index contributed by atoms with van der Waals surface area (Å²) in [7, 11) is 0. The van der Waals surface area contributed by atoms with Crippen molar-refractivity contribution in [2.45, 2.75) is 25.8 Å². The Bertz CT molecular complexity index is 837. The first kappa shape index (κ1) is 18.5. The number of nitrogens with one attached hydrogen (secondary N) is 3. The number of hydrogen-bond acceptors (Lipinski definition) is 3. The van der Waals surface area contributed by atoms with E-state index >= 15 is 0 Å². The van der Waals surface area contributed by atoms with E-state index in [0.717, 1.165) is 18.5 Å². The maximum absolute atomic E-state index is 12.4. The fourth-order valence-corrected chi connectivity index (χ4v) is 2.76. The summed E-state index contributed by atoms with van der Waals surface area (Å²) in [6.07, 6.45) is 1.90. The molecule has 1 saturated carbocycles. The molecular weight excluding hydrogens is 373 g/mol. The molecule has 7 heteroatoms. The van der Waals surface area contributed by atoms with Gasteiger partial charge in [0.05, 0.1) is 10.7 Å². The highest BCUT2D eigenvalue weighted by molar-refractivity contribution is 6.35. The van der Waals surface area contributed by atoms with Gasteiger partial charge >= 0.3 is 0 Å². The molecule has 0 aromatic heterocycles. The van der Waals surface area contributed by atoms with Crippen LogP contribution in [0, 0.1) is 5.92 Å². The Labute approximate surface area is 162 Å². The van der Waals surface area contributed by atoms with Gasteiger partial charge in [-0.2, -0.15) is 0 Å². The van der Waals surface area contributed by atoms with Crippen LogP contribution in [0.4, 0.5) is 17.1 Å². The average molecular weight is 392 g/mol. The van der Waals surface area contributed by atoms with Crippen LogP contribution in [-0.2, 0) is 9.59 Å². The summed E-state index contributed by atoms with van der Waals surface area (Å²) in [5.41, 5.74) is 1.90. The van der Waals surface area contributed by atoms with Gasteiger partial charge in [0.1, 0.15) is 6.04 Å². The zero-order chi connectivity index (χ0) is 18.7. The monoisotopic (exact) mass is 391 g/mol. The summed E-state index contributed by atoms with van der Waals surface area (Å²) in [6, 6.07) is 11.7. The number of rotatable bonds is 6. The number of hydrogen-bond donors (Lipinski definition) is 3. The van der Waals surface area contributed by atoms with Crippen molar-refractivity contribution >= 4 is 52.1 Å². The highest BCUT2D eigenvalue weighted by Gasteiger charge is 2.29. The molecule has 2 amide bonds. The van der Waals surface area contributed by atoms with Gasteiger partial charge in [-0.05, 0) is 56.2 Å². The lowest BCUT2D eigenvalue weighted by atomic mass is 10.2. The molecule has 5 nitrogen and oxygen atoms in total. The molecular formula is C19H19Cl2N3O2. The van der Waals surface area contributed by atoms with E-state index in [4.69, 9.17) is 23.2 Å². The Morgan fingerprint density at radius 3 is 2.50 bits per heavy atom. The van der Waals surface area contributed by atoms with Crippen LogP contribution in [0.5, 0.6) is 0 Å². The molecule has 2 aromatic rings. The minimum Gasteiger partial charge on any atom is -0.374 e. The fourth-order valence-electron chi connectivity index (χ4n) is 2.43. The van der Waals surface area contributed by atoms with Crippen LogP contribution in [0.1, 0.15) is 19.8 Å². The molecule has 0 spiro atoms. The standard InChI is InChI=1S/C19H19Cl2N3O2/c1-11(18(25)24-17-9-13(20)7-8-16(17)21)22-14-3-2-4-15(10-14)23-19(26)12-5-6-12/h2-4,7-12,22H,5-6H2,1H3,(H,23,26)(H,24,25). The van der Waals surface area contributed by atoms with Crippen LogP contribution >= 0.6 is 23.2 Å². The van der Waals surface area contributed by atoms with Crippen molar-refractivity contribution < 1.29 is 9.59 Å². The van der Waals surface area contributed by atoms with E-state index in [-0.39, 0.29) is 17.7 Å². The van der Waals surface area contributed by atoms with Crippen LogP contribution in [0.3, 0.4) is 0 Å². The van der Waals surface area contributed by atoms with Crippen molar-refractivity contribution in [1.29, 1.82) is 0 Å². The molecule has 2 aromatic carbocycles. The van der Waals surface area contributed by atoms with E-state index in [9.17, 15) is 9.59 Å². The summed E-state index contributed by atoms with van der Waals surface area (Å²) in [6.45, 7) is 1.74. The number of anilines is 3. The van der Waals surface area contributed by atoms with Crippen molar-refractivity contribution in [3.63, 3.8) is 0 Å². The average Bonchev–Trinajstić information content (AvgIpc) is 3.43. The normalized spacial score (nSPS) is 14.4. The molecule has 3 N–H and O–H groups in total. The molecule has 0 radical (unpaired) electrons. The molecule has 0 bridgehead atoms. The largest absolute Gasteiger partial charge is 0.374 e. The smallest absolute Gasteiger partial charge is 0.246 e. The molecule has 0 aliphatic heterocycles. The van der Waals surface area contributed by atoms with Gasteiger partial charge in [0.2, 0.25) is 11.8 Å². The van der Waals surface area contributed by atoms with Crippen LogP contribution in [0.15, 0.2) is 42.5 Å². The van der Waals surface area contributed by atoms with Crippen molar-refractivity contribution in [2.75, 3.05) is 16.0 Å². The molecule has 26 heavy (non-hydrogen) atoms. The third-order valence-corrected chi connectivity index (χ3v) is 4.61. The van der Waals surface area contributed by atoms with Gasteiger partial charge in [-0.25, -0.2) is 0 Å². The van der Waals surface area contributed by atoms with E-state index in [2.05, 4.69) is 16.0 Å². The van der Waals surface area contributed by atoms with Gasteiger partial charge in [-0.15, -0.1) is 0 Å². The lowest BCUT2D eigenvalue weighted by molar-refractivity contribution is -0.117. The molecule has 0 heterocycles. The van der Waals surface area contributed by atoms with Gasteiger partial charge in [0.15, 0.2) is 0 Å². The van der Waals surface area contributed by atoms with E-state index < -0.39 is 6.04 Å². The molecule has 1 atom stereocenters. The lowest BCUT2D eigenvalue weighted by Crippen LogP contribution is -2.32. The van der Waals surface area contributed by atoms with Crippen LogP contribution < -0.4 is 16.0 Å². The number of amides is 2. The summed E-state index contributed by atoms with van der Waals surface area (Å²) >= 11 is 12.0. The van der Waals surface area contributed by atoms with Gasteiger partial charge in [-0.1, -0.05) is 29.3 Å². The quantitative estimate of drug-likeness (QED) is 0.663. The molecule has 0 saturated heterocycles. The van der Waals surface area contributed by atoms with Gasteiger partial charge in [-0.3, -0.25) is 9.59 Å². The zero-order valence-corrected chi connectivity index (χ0v) is 15.7. The summed E-state index contributed by atoms with van der Waals surface area (Å²) in [5.74, 6) is -0.0658. The molecule has 1 unspecified atom stereocenters. The molecule has 1 aliphatic carbocycles. The van der Waals surface area contributed by atoms with Gasteiger partial charge < -0.3 is 16.0 Å². The van der Waals surface area contributed by atoms with Crippen molar-refractivity contribution in [1.82, 2.24) is 0 Å². The number of halogens is 2. The SMILES string of the molecule is CC(Nc1cccc(NC(=O)C2CC2)c1)C(=O)Nc1cc(Cl)ccc1Cl. The second-order valence-electron chi connectivity index (χ2n) is 6.32. The second-order valence-corrected chi connectivity index (χ2v) is 7.17. The van der Waals surface area contributed by atoms with Crippen molar-refractivity contribution in [2.24, 2.45) is 5.92 Å². The van der Waals surface area contributed by atoms with E-state index in [1.165, 1.54) is 0 Å². The first-order chi connectivity index (χ1) is 12.4. The first-order valence-corrected chi connectivity index (χ1v) is 9.11. The van der Waals surface area contributed by atoms with E-state index in [1.54, 1.807) is 31.2 Å². The number of benzene rings is 2. The summed E-state index contributed by atoms with van der Waals surface area (Å²) in [4.78, 5) is 24.3. The van der Waals surface area contributed by atoms with Gasteiger partial charge in [0.25, 0.3) is 0 Å². The van der Waals surface area contributed by atoms with Crippen molar-refractivity contribution in [3.8, 4) is 0 Å². The maximum atomic E-state index is 12.4. The van der Waals surface area contributed by atoms with Crippen LogP contribution in [0.25, 0.3) is 0 Å². The van der Waals surface area contributed by atoms with Gasteiger partial charge in [0, 0.05) is 22.3 Å². The minimum atomic E-state index is -0.514. The third-order valence-electron chi connectivity index (χ3n) is 4.04. The third kappa shape index (κ3) is 4.90. The Morgan fingerprint density at radius 1 is 1.04 bits per heavy atom. The van der Waals surface area contributed by atoms with Crippen molar-refractivity contribution in [3.05, 3.63) is 52.5 Å². The predicted molar refractivity (Wildman–Crippen MR) is 106 cm³/mol. The summed E-state index contributed by atoms with van der Waals surface area (Å²) in [5, 5.41) is 9.66. The first-order valence-electron chi connectivity index (χ1n) is 8.36.